The maximum absolute atomic E-state index is 13.8. The highest BCUT2D eigenvalue weighted by Crippen LogP contribution is 2.26. The first-order valence-corrected chi connectivity index (χ1v) is 9.82. The van der Waals surface area contributed by atoms with Crippen molar-refractivity contribution in [3.63, 3.8) is 0 Å². The summed E-state index contributed by atoms with van der Waals surface area (Å²) in [6.07, 6.45) is 0.943. The van der Waals surface area contributed by atoms with Crippen LogP contribution in [0.3, 0.4) is 0 Å². The van der Waals surface area contributed by atoms with Crippen molar-refractivity contribution >= 4 is 31.4 Å². The molecule has 0 aliphatic rings. The SMILES string of the molecule is Cc1ccc(F)c(S(=O)(=O)Nc2ccccc2NS(C)(=O)=O)c1. The molecule has 0 saturated heterocycles. The minimum atomic E-state index is -4.20. The molecule has 23 heavy (non-hydrogen) atoms. The largest absolute Gasteiger partial charge is 0.282 e. The van der Waals surface area contributed by atoms with E-state index in [2.05, 4.69) is 9.44 Å². The van der Waals surface area contributed by atoms with Gasteiger partial charge in [-0.15, -0.1) is 0 Å². The van der Waals surface area contributed by atoms with E-state index in [0.29, 0.717) is 5.56 Å². The maximum Gasteiger partial charge on any atom is 0.264 e. The van der Waals surface area contributed by atoms with Gasteiger partial charge in [-0.1, -0.05) is 18.2 Å². The lowest BCUT2D eigenvalue weighted by atomic mass is 10.2. The Balaban J connectivity index is 2.44. The number of rotatable bonds is 5. The van der Waals surface area contributed by atoms with Crippen LogP contribution >= 0.6 is 0 Å². The molecule has 0 fully saturated rings. The molecule has 0 spiro atoms. The van der Waals surface area contributed by atoms with Crippen molar-refractivity contribution in [3.8, 4) is 0 Å². The summed E-state index contributed by atoms with van der Waals surface area (Å²) in [5, 5.41) is 0. The first-order chi connectivity index (χ1) is 10.6. The first kappa shape index (κ1) is 17.2. The zero-order valence-electron chi connectivity index (χ0n) is 12.4. The number of halogens is 1. The fraction of sp³-hybridized carbons (Fsp3) is 0.143. The zero-order chi connectivity index (χ0) is 17.3. The monoisotopic (exact) mass is 358 g/mol. The van der Waals surface area contributed by atoms with Crippen molar-refractivity contribution in [1.29, 1.82) is 0 Å². The van der Waals surface area contributed by atoms with Crippen LogP contribution < -0.4 is 9.44 Å². The molecule has 2 aromatic rings. The number of aryl methyl sites for hydroxylation is 1. The molecular formula is C14H15FN2O4S2. The van der Waals surface area contributed by atoms with Gasteiger partial charge in [0.05, 0.1) is 17.6 Å². The molecule has 0 saturated carbocycles. The van der Waals surface area contributed by atoms with E-state index < -0.39 is 30.8 Å². The van der Waals surface area contributed by atoms with E-state index in [1.165, 1.54) is 30.3 Å². The molecule has 0 amide bonds. The topological polar surface area (TPSA) is 92.3 Å². The molecule has 9 heteroatoms. The number of nitrogens with one attached hydrogen (secondary N) is 2. The number of hydrogen-bond acceptors (Lipinski definition) is 4. The van der Waals surface area contributed by atoms with Gasteiger partial charge in [-0.3, -0.25) is 9.44 Å². The summed E-state index contributed by atoms with van der Waals surface area (Å²) >= 11 is 0. The fourth-order valence-corrected chi connectivity index (χ4v) is 3.70. The van der Waals surface area contributed by atoms with E-state index >= 15 is 0 Å². The third-order valence-corrected chi connectivity index (χ3v) is 4.81. The molecule has 0 aromatic heterocycles. The van der Waals surface area contributed by atoms with Gasteiger partial charge in [0.15, 0.2) is 0 Å². The molecule has 0 aliphatic carbocycles. The van der Waals surface area contributed by atoms with E-state index in [-0.39, 0.29) is 11.4 Å². The summed E-state index contributed by atoms with van der Waals surface area (Å²) in [6.45, 7) is 1.64. The van der Waals surface area contributed by atoms with Crippen LogP contribution in [0.15, 0.2) is 47.4 Å². The summed E-state index contributed by atoms with van der Waals surface area (Å²) in [5.41, 5.74) is 0.625. The van der Waals surface area contributed by atoms with E-state index in [1.54, 1.807) is 13.0 Å². The van der Waals surface area contributed by atoms with Crippen molar-refractivity contribution in [1.82, 2.24) is 0 Å². The predicted octanol–water partition coefficient (Wildman–Crippen LogP) is 2.31. The number of anilines is 2. The van der Waals surface area contributed by atoms with E-state index in [0.717, 1.165) is 12.3 Å². The van der Waals surface area contributed by atoms with Crippen LogP contribution in [-0.2, 0) is 20.0 Å². The Morgan fingerprint density at radius 1 is 0.913 bits per heavy atom. The molecule has 0 atom stereocenters. The number of para-hydroxylation sites is 2. The summed E-state index contributed by atoms with van der Waals surface area (Å²) in [4.78, 5) is -0.508. The molecule has 2 aromatic carbocycles. The second-order valence-corrected chi connectivity index (χ2v) is 8.36. The van der Waals surface area contributed by atoms with Crippen molar-refractivity contribution in [3.05, 3.63) is 53.8 Å². The minimum Gasteiger partial charge on any atom is -0.282 e. The van der Waals surface area contributed by atoms with Crippen LogP contribution in [0.2, 0.25) is 0 Å². The van der Waals surface area contributed by atoms with Crippen LogP contribution in [0.1, 0.15) is 5.56 Å². The minimum absolute atomic E-state index is 0.00108. The normalized spacial score (nSPS) is 12.0. The predicted molar refractivity (Wildman–Crippen MR) is 86.9 cm³/mol. The molecule has 124 valence electrons. The fourth-order valence-electron chi connectivity index (χ4n) is 1.88. The number of hydrogen-bond donors (Lipinski definition) is 2. The highest BCUT2D eigenvalue weighted by molar-refractivity contribution is 7.93. The van der Waals surface area contributed by atoms with Crippen molar-refractivity contribution in [2.75, 3.05) is 15.7 Å². The van der Waals surface area contributed by atoms with Gasteiger partial charge >= 0.3 is 0 Å². The van der Waals surface area contributed by atoms with Crippen LogP contribution in [0.5, 0.6) is 0 Å². The molecule has 0 aliphatic heterocycles. The number of benzene rings is 2. The number of sulfonamides is 2. The van der Waals surface area contributed by atoms with Crippen molar-refractivity contribution < 1.29 is 21.2 Å². The average Bonchev–Trinajstić information content (AvgIpc) is 2.42. The van der Waals surface area contributed by atoms with Gasteiger partial charge in [0.1, 0.15) is 10.7 Å². The van der Waals surface area contributed by atoms with Gasteiger partial charge in [-0.2, -0.15) is 0 Å². The van der Waals surface area contributed by atoms with Gasteiger partial charge in [0, 0.05) is 0 Å². The van der Waals surface area contributed by atoms with Crippen LogP contribution in [0, 0.1) is 12.7 Å². The summed E-state index contributed by atoms with van der Waals surface area (Å²) in [7, 11) is -7.80. The van der Waals surface area contributed by atoms with Gasteiger partial charge in [-0.25, -0.2) is 21.2 Å². The Labute approximate surface area is 134 Å². The Hall–Kier alpha value is -2.13. The standard InChI is InChI=1S/C14H15FN2O4S2/c1-10-7-8-11(15)14(9-10)23(20,21)17-13-6-4-3-5-12(13)16-22(2,18)19/h3-9,16-17H,1-2H3. The zero-order valence-corrected chi connectivity index (χ0v) is 14.0. The van der Waals surface area contributed by atoms with Crippen molar-refractivity contribution in [2.24, 2.45) is 0 Å². The third-order valence-electron chi connectivity index (χ3n) is 2.84. The molecule has 0 heterocycles. The van der Waals surface area contributed by atoms with E-state index in [1.807, 2.05) is 0 Å². The highest BCUT2D eigenvalue weighted by atomic mass is 32.2. The highest BCUT2D eigenvalue weighted by Gasteiger charge is 2.21. The van der Waals surface area contributed by atoms with E-state index in [9.17, 15) is 21.2 Å². The van der Waals surface area contributed by atoms with Gasteiger partial charge in [0.25, 0.3) is 10.0 Å². The van der Waals surface area contributed by atoms with Gasteiger partial charge in [0.2, 0.25) is 10.0 Å². The first-order valence-electron chi connectivity index (χ1n) is 6.44. The quantitative estimate of drug-likeness (QED) is 0.858. The summed E-state index contributed by atoms with van der Waals surface area (Å²) in [5.74, 6) is -0.892. The lowest BCUT2D eigenvalue weighted by Gasteiger charge is -2.14. The molecule has 6 nitrogen and oxygen atoms in total. The Bertz CT molecular complexity index is 941. The van der Waals surface area contributed by atoms with E-state index in [4.69, 9.17) is 0 Å². The third kappa shape index (κ3) is 4.42. The molecule has 0 bridgehead atoms. The lowest BCUT2D eigenvalue weighted by Crippen LogP contribution is -2.17. The Morgan fingerprint density at radius 3 is 2.04 bits per heavy atom. The second kappa shape index (κ2) is 6.17. The smallest absolute Gasteiger partial charge is 0.264 e. The van der Waals surface area contributed by atoms with Crippen molar-refractivity contribution in [2.45, 2.75) is 11.8 Å². The molecule has 0 unspecified atom stereocenters. The van der Waals surface area contributed by atoms with Crippen LogP contribution in [0.4, 0.5) is 15.8 Å². The maximum atomic E-state index is 13.8. The van der Waals surface area contributed by atoms with Gasteiger partial charge < -0.3 is 0 Å². The van der Waals surface area contributed by atoms with Crippen LogP contribution in [0.25, 0.3) is 0 Å². The molecule has 0 radical (unpaired) electrons. The molecule has 2 rings (SSSR count). The summed E-state index contributed by atoms with van der Waals surface area (Å²) < 4.78 is 65.6. The summed E-state index contributed by atoms with van der Waals surface area (Å²) in [6, 6.07) is 9.54. The Morgan fingerprint density at radius 2 is 1.48 bits per heavy atom. The molecular weight excluding hydrogens is 343 g/mol. The van der Waals surface area contributed by atoms with Gasteiger partial charge in [-0.05, 0) is 36.8 Å². The molecule has 2 N–H and O–H groups in total. The Kier molecular flexibility index (Phi) is 4.62. The van der Waals surface area contributed by atoms with Crippen LogP contribution in [-0.4, -0.2) is 23.1 Å². The lowest BCUT2D eigenvalue weighted by molar-refractivity contribution is 0.569. The second-order valence-electron chi connectivity index (χ2n) is 4.96. The average molecular weight is 358 g/mol.